The van der Waals surface area contributed by atoms with Gasteiger partial charge in [-0.05, 0) is 34.1 Å². The number of aliphatic carboxylic acids is 1. The van der Waals surface area contributed by atoms with Gasteiger partial charge in [-0.2, -0.15) is 0 Å². The minimum Gasteiger partial charge on any atom is -0.480 e. The SMILES string of the molecule is Cc1cn([C@H]2C[C@@H](C(=O)O)N(CCNC(=O)OC(C)(C)C)C2)c(=O)[nH]c1=O. The van der Waals surface area contributed by atoms with Gasteiger partial charge in [0.2, 0.25) is 0 Å². The molecule has 1 amide bonds. The maximum atomic E-state index is 12.1. The van der Waals surface area contributed by atoms with Crippen LogP contribution in [0.2, 0.25) is 0 Å². The summed E-state index contributed by atoms with van der Waals surface area (Å²) in [6, 6.07) is -1.16. The summed E-state index contributed by atoms with van der Waals surface area (Å²) in [5.74, 6) is -0.996. The van der Waals surface area contributed by atoms with Crippen LogP contribution in [-0.2, 0) is 9.53 Å². The Labute approximate surface area is 156 Å². The molecule has 2 atom stereocenters. The number of aromatic nitrogens is 2. The van der Waals surface area contributed by atoms with Crippen molar-refractivity contribution in [2.45, 2.75) is 51.8 Å². The first-order valence-corrected chi connectivity index (χ1v) is 8.73. The Kier molecular flexibility index (Phi) is 6.09. The molecule has 0 unspecified atom stereocenters. The van der Waals surface area contributed by atoms with Crippen molar-refractivity contribution in [1.82, 2.24) is 19.8 Å². The summed E-state index contributed by atoms with van der Waals surface area (Å²) < 4.78 is 6.51. The molecule has 2 rings (SSSR count). The van der Waals surface area contributed by atoms with Crippen molar-refractivity contribution < 1.29 is 19.4 Å². The fourth-order valence-corrected chi connectivity index (χ4v) is 3.06. The quantitative estimate of drug-likeness (QED) is 0.656. The molecule has 27 heavy (non-hydrogen) atoms. The largest absolute Gasteiger partial charge is 0.480 e. The lowest BCUT2D eigenvalue weighted by Crippen LogP contribution is -2.42. The number of hydrogen-bond acceptors (Lipinski definition) is 6. The van der Waals surface area contributed by atoms with Crippen molar-refractivity contribution in [2.24, 2.45) is 0 Å². The normalized spacial score (nSPS) is 20.4. The molecule has 0 aromatic carbocycles. The summed E-state index contributed by atoms with van der Waals surface area (Å²) in [5.41, 5.74) is -1.25. The molecule has 1 fully saturated rings. The molecular formula is C17H26N4O6. The first kappa shape index (κ1) is 20.7. The van der Waals surface area contributed by atoms with Gasteiger partial charge in [-0.1, -0.05) is 0 Å². The second-order valence-corrected chi connectivity index (χ2v) is 7.65. The monoisotopic (exact) mass is 382 g/mol. The van der Waals surface area contributed by atoms with Crippen LogP contribution in [0.3, 0.4) is 0 Å². The minimum absolute atomic E-state index is 0.213. The highest BCUT2D eigenvalue weighted by Gasteiger charge is 2.37. The Bertz CT molecular complexity index is 822. The number of nitrogens with one attached hydrogen (secondary N) is 2. The predicted octanol–water partition coefficient (Wildman–Crippen LogP) is 0.0697. The van der Waals surface area contributed by atoms with Crippen LogP contribution in [0.4, 0.5) is 4.79 Å². The van der Waals surface area contributed by atoms with E-state index in [1.54, 1.807) is 32.6 Å². The van der Waals surface area contributed by atoms with Gasteiger partial charge >= 0.3 is 17.8 Å². The zero-order valence-electron chi connectivity index (χ0n) is 15.9. The Morgan fingerprint density at radius 3 is 2.63 bits per heavy atom. The Morgan fingerprint density at radius 2 is 2.04 bits per heavy atom. The molecule has 3 N–H and O–H groups in total. The molecular weight excluding hydrogens is 356 g/mol. The third-order valence-corrected chi connectivity index (χ3v) is 4.27. The predicted molar refractivity (Wildman–Crippen MR) is 96.9 cm³/mol. The third-order valence-electron chi connectivity index (χ3n) is 4.27. The topological polar surface area (TPSA) is 134 Å². The molecule has 0 bridgehead atoms. The zero-order chi connectivity index (χ0) is 20.4. The van der Waals surface area contributed by atoms with Gasteiger partial charge < -0.3 is 15.2 Å². The number of amides is 1. The molecule has 0 aliphatic carbocycles. The van der Waals surface area contributed by atoms with E-state index >= 15 is 0 Å². The molecule has 1 saturated heterocycles. The van der Waals surface area contributed by atoms with Gasteiger partial charge in [0.15, 0.2) is 0 Å². The number of carbonyl (C=O) groups is 2. The van der Waals surface area contributed by atoms with Crippen LogP contribution in [0.5, 0.6) is 0 Å². The first-order valence-electron chi connectivity index (χ1n) is 8.73. The highest BCUT2D eigenvalue weighted by molar-refractivity contribution is 5.74. The lowest BCUT2D eigenvalue weighted by molar-refractivity contribution is -0.142. The molecule has 1 aliphatic heterocycles. The Hall–Kier alpha value is -2.62. The van der Waals surface area contributed by atoms with E-state index in [4.69, 9.17) is 4.74 Å². The van der Waals surface area contributed by atoms with E-state index in [1.807, 2.05) is 0 Å². The van der Waals surface area contributed by atoms with Crippen molar-refractivity contribution in [3.05, 3.63) is 32.6 Å². The van der Waals surface area contributed by atoms with Gasteiger partial charge in [0.25, 0.3) is 5.56 Å². The lowest BCUT2D eigenvalue weighted by atomic mass is 10.1. The van der Waals surface area contributed by atoms with Crippen molar-refractivity contribution in [3.63, 3.8) is 0 Å². The van der Waals surface area contributed by atoms with Crippen LogP contribution in [0.1, 0.15) is 38.8 Å². The lowest BCUT2D eigenvalue weighted by Gasteiger charge is -2.23. The van der Waals surface area contributed by atoms with E-state index in [0.29, 0.717) is 18.7 Å². The zero-order valence-corrected chi connectivity index (χ0v) is 15.9. The second-order valence-electron chi connectivity index (χ2n) is 7.65. The van der Waals surface area contributed by atoms with Gasteiger partial charge in [0.1, 0.15) is 11.6 Å². The molecule has 1 aromatic rings. The van der Waals surface area contributed by atoms with Crippen molar-refractivity contribution in [3.8, 4) is 0 Å². The number of alkyl carbamates (subject to hydrolysis) is 1. The highest BCUT2D eigenvalue weighted by Crippen LogP contribution is 2.26. The van der Waals surface area contributed by atoms with Gasteiger partial charge in [-0.25, -0.2) is 9.59 Å². The number of aryl methyl sites for hydroxylation is 1. The number of rotatable bonds is 5. The van der Waals surface area contributed by atoms with E-state index < -0.39 is 35.0 Å². The molecule has 0 saturated carbocycles. The van der Waals surface area contributed by atoms with E-state index in [1.165, 1.54) is 10.8 Å². The molecule has 1 aromatic heterocycles. The van der Waals surface area contributed by atoms with E-state index in [9.17, 15) is 24.3 Å². The molecule has 0 radical (unpaired) electrons. The maximum Gasteiger partial charge on any atom is 0.407 e. The van der Waals surface area contributed by atoms with Crippen LogP contribution < -0.4 is 16.6 Å². The standard InChI is InChI=1S/C17H26N4O6/c1-10-8-21(15(25)19-13(10)22)11-7-12(14(23)24)20(9-11)6-5-18-16(26)27-17(2,3)4/h8,11-12H,5-7,9H2,1-4H3,(H,18,26)(H,23,24)(H,19,22,25)/t11-,12-/m0/s1. The van der Waals surface area contributed by atoms with Crippen molar-refractivity contribution in [2.75, 3.05) is 19.6 Å². The molecule has 0 spiro atoms. The maximum absolute atomic E-state index is 12.1. The summed E-state index contributed by atoms with van der Waals surface area (Å²) in [6.45, 7) is 7.67. The number of likely N-dealkylation sites (tertiary alicyclic amines) is 1. The van der Waals surface area contributed by atoms with Gasteiger partial charge in [-0.15, -0.1) is 0 Å². The molecule has 1 aliphatic rings. The summed E-state index contributed by atoms with van der Waals surface area (Å²) >= 11 is 0. The smallest absolute Gasteiger partial charge is 0.407 e. The van der Waals surface area contributed by atoms with Crippen LogP contribution >= 0.6 is 0 Å². The van der Waals surface area contributed by atoms with Crippen LogP contribution in [0.25, 0.3) is 0 Å². The molecule has 150 valence electrons. The summed E-state index contributed by atoms with van der Waals surface area (Å²) in [7, 11) is 0. The van der Waals surface area contributed by atoms with Crippen molar-refractivity contribution >= 4 is 12.1 Å². The summed E-state index contributed by atoms with van der Waals surface area (Å²) in [6.07, 6.45) is 1.11. The number of nitrogens with zero attached hydrogens (tertiary/aromatic N) is 2. The van der Waals surface area contributed by atoms with Gasteiger partial charge in [0, 0.05) is 31.4 Å². The Morgan fingerprint density at radius 1 is 1.37 bits per heavy atom. The fourth-order valence-electron chi connectivity index (χ4n) is 3.06. The fraction of sp³-hybridized carbons (Fsp3) is 0.647. The number of carboxylic acid groups (broad SMARTS) is 1. The van der Waals surface area contributed by atoms with E-state index in [-0.39, 0.29) is 19.0 Å². The molecule has 10 nitrogen and oxygen atoms in total. The number of aromatic amines is 1. The third kappa shape index (κ3) is 5.43. The van der Waals surface area contributed by atoms with Gasteiger partial charge in [0.05, 0.1) is 6.04 Å². The average molecular weight is 382 g/mol. The number of H-pyrrole nitrogens is 1. The van der Waals surface area contributed by atoms with Gasteiger partial charge in [-0.3, -0.25) is 24.0 Å². The first-order chi connectivity index (χ1) is 12.5. The number of ether oxygens (including phenoxy) is 1. The molecule has 10 heteroatoms. The van der Waals surface area contributed by atoms with Crippen LogP contribution in [-0.4, -0.2) is 62.9 Å². The minimum atomic E-state index is -0.996. The summed E-state index contributed by atoms with van der Waals surface area (Å²) in [4.78, 5) is 50.8. The number of carbonyl (C=O) groups excluding carboxylic acids is 1. The second kappa shape index (κ2) is 7.95. The molecule has 2 heterocycles. The van der Waals surface area contributed by atoms with E-state index in [0.717, 1.165) is 0 Å². The average Bonchev–Trinajstić information content (AvgIpc) is 2.93. The van der Waals surface area contributed by atoms with Crippen LogP contribution in [0.15, 0.2) is 15.8 Å². The Balaban J connectivity index is 2.04. The highest BCUT2D eigenvalue weighted by atomic mass is 16.6. The van der Waals surface area contributed by atoms with Crippen molar-refractivity contribution in [1.29, 1.82) is 0 Å². The van der Waals surface area contributed by atoms with Crippen LogP contribution in [0, 0.1) is 6.92 Å². The number of carboxylic acids is 1. The summed E-state index contributed by atoms with van der Waals surface area (Å²) in [5, 5.41) is 12.1. The number of hydrogen-bond donors (Lipinski definition) is 3. The van der Waals surface area contributed by atoms with E-state index in [2.05, 4.69) is 10.3 Å².